The van der Waals surface area contributed by atoms with Crippen LogP contribution >= 0.6 is 0 Å². The Morgan fingerprint density at radius 2 is 1.95 bits per heavy atom. The maximum absolute atomic E-state index is 12.2. The summed E-state index contributed by atoms with van der Waals surface area (Å²) in [6, 6.07) is 8.10. The van der Waals surface area contributed by atoms with Gasteiger partial charge in [0.05, 0.1) is 7.11 Å². The molecular weight excluding hydrogens is 286 g/mol. The Kier molecular flexibility index (Phi) is 9.30. The Labute approximate surface area is 130 Å². The minimum atomic E-state index is -0.836. The highest BCUT2D eigenvalue weighted by Crippen LogP contribution is 2.19. The van der Waals surface area contributed by atoms with Gasteiger partial charge in [0.2, 0.25) is 0 Å². The van der Waals surface area contributed by atoms with Gasteiger partial charge in [-0.25, -0.2) is 0 Å². The van der Waals surface area contributed by atoms with E-state index in [4.69, 9.17) is 9.47 Å². The van der Waals surface area contributed by atoms with Gasteiger partial charge in [-0.3, -0.25) is 4.21 Å². The van der Waals surface area contributed by atoms with Crippen molar-refractivity contribution in [3.8, 4) is 5.75 Å². The van der Waals surface area contributed by atoms with Crippen LogP contribution in [-0.4, -0.2) is 43.1 Å². The molecule has 0 aliphatic rings. The minimum absolute atomic E-state index is 0.124. The van der Waals surface area contributed by atoms with E-state index in [1.807, 2.05) is 24.3 Å². The van der Waals surface area contributed by atoms with Crippen LogP contribution in [0.25, 0.3) is 0 Å². The molecule has 2 unspecified atom stereocenters. The number of methoxy groups -OCH3 is 2. The first-order chi connectivity index (χ1) is 10.2. The fraction of sp³-hybridized carbons (Fsp3) is 0.625. The van der Waals surface area contributed by atoms with Gasteiger partial charge in [-0.2, -0.15) is 0 Å². The molecule has 0 radical (unpaired) electrons. The number of hydrogen-bond acceptors (Lipinski definition) is 4. The molecule has 0 spiro atoms. The summed E-state index contributed by atoms with van der Waals surface area (Å²) < 4.78 is 22.4. The molecule has 4 nitrogen and oxygen atoms in total. The van der Waals surface area contributed by atoms with Crippen molar-refractivity contribution in [2.24, 2.45) is 0 Å². The predicted octanol–water partition coefficient (Wildman–Crippen LogP) is 2.52. The fourth-order valence-corrected chi connectivity index (χ4v) is 3.35. The molecule has 1 rings (SSSR count). The zero-order chi connectivity index (χ0) is 15.5. The second kappa shape index (κ2) is 10.8. The van der Waals surface area contributed by atoms with E-state index in [-0.39, 0.29) is 6.04 Å². The zero-order valence-corrected chi connectivity index (χ0v) is 14.1. The van der Waals surface area contributed by atoms with E-state index in [2.05, 4.69) is 12.2 Å². The smallest absolute Gasteiger partial charge is 0.118 e. The lowest BCUT2D eigenvalue weighted by atomic mass is 10.1. The first-order valence-corrected chi connectivity index (χ1v) is 8.91. The second-order valence-electron chi connectivity index (χ2n) is 4.94. The van der Waals surface area contributed by atoms with E-state index in [0.717, 1.165) is 30.7 Å². The van der Waals surface area contributed by atoms with Crippen molar-refractivity contribution in [1.29, 1.82) is 0 Å². The van der Waals surface area contributed by atoms with Crippen LogP contribution in [0.2, 0.25) is 0 Å². The molecule has 0 fully saturated rings. The van der Waals surface area contributed by atoms with Gasteiger partial charge in [-0.15, -0.1) is 0 Å². The van der Waals surface area contributed by atoms with Gasteiger partial charge in [0.15, 0.2) is 0 Å². The highest BCUT2D eigenvalue weighted by molar-refractivity contribution is 7.85. The van der Waals surface area contributed by atoms with Gasteiger partial charge < -0.3 is 14.8 Å². The Bertz CT molecular complexity index is 408. The van der Waals surface area contributed by atoms with Crippen molar-refractivity contribution in [3.63, 3.8) is 0 Å². The maximum Gasteiger partial charge on any atom is 0.118 e. The lowest BCUT2D eigenvalue weighted by Crippen LogP contribution is -2.27. The SMILES string of the molecule is CCCNC(CS(=O)CCCOC)c1ccc(OC)cc1. The van der Waals surface area contributed by atoms with E-state index < -0.39 is 10.8 Å². The molecular formula is C16H27NO3S. The maximum atomic E-state index is 12.2. The molecule has 0 saturated carbocycles. The molecule has 2 atom stereocenters. The van der Waals surface area contributed by atoms with Crippen LogP contribution in [0.3, 0.4) is 0 Å². The van der Waals surface area contributed by atoms with Crippen molar-refractivity contribution in [2.75, 3.05) is 38.9 Å². The minimum Gasteiger partial charge on any atom is -0.497 e. The molecule has 0 bridgehead atoms. The van der Waals surface area contributed by atoms with Gasteiger partial charge in [-0.1, -0.05) is 19.1 Å². The molecule has 0 amide bonds. The normalized spacial score (nSPS) is 13.9. The third kappa shape index (κ3) is 7.07. The average molecular weight is 313 g/mol. The number of hydrogen-bond donors (Lipinski definition) is 1. The summed E-state index contributed by atoms with van der Waals surface area (Å²) in [5, 5.41) is 3.48. The molecule has 0 aliphatic carbocycles. The lowest BCUT2D eigenvalue weighted by molar-refractivity contribution is 0.200. The first-order valence-electron chi connectivity index (χ1n) is 7.42. The van der Waals surface area contributed by atoms with Crippen LogP contribution < -0.4 is 10.1 Å². The number of nitrogens with one attached hydrogen (secondary N) is 1. The van der Waals surface area contributed by atoms with Crippen molar-refractivity contribution in [1.82, 2.24) is 5.32 Å². The molecule has 0 aromatic heterocycles. The van der Waals surface area contributed by atoms with E-state index in [0.29, 0.717) is 18.1 Å². The van der Waals surface area contributed by atoms with E-state index in [1.165, 1.54) is 0 Å². The third-order valence-electron chi connectivity index (χ3n) is 3.23. The van der Waals surface area contributed by atoms with Gasteiger partial charge in [-0.05, 0) is 37.1 Å². The summed E-state index contributed by atoms with van der Waals surface area (Å²) >= 11 is 0. The summed E-state index contributed by atoms with van der Waals surface area (Å²) in [6.07, 6.45) is 1.90. The summed E-state index contributed by atoms with van der Waals surface area (Å²) in [4.78, 5) is 0. The molecule has 5 heteroatoms. The standard InChI is InChI=1S/C16H27NO3S/c1-4-10-17-16(13-21(18)12-5-11-19-2)14-6-8-15(20-3)9-7-14/h6-9,16-17H,4-5,10-13H2,1-3H3. The van der Waals surface area contributed by atoms with E-state index in [1.54, 1.807) is 14.2 Å². The van der Waals surface area contributed by atoms with Crippen LogP contribution in [0.15, 0.2) is 24.3 Å². The topological polar surface area (TPSA) is 47.6 Å². The highest BCUT2D eigenvalue weighted by Gasteiger charge is 2.14. The van der Waals surface area contributed by atoms with Crippen LogP contribution in [-0.2, 0) is 15.5 Å². The van der Waals surface area contributed by atoms with Gasteiger partial charge >= 0.3 is 0 Å². The van der Waals surface area contributed by atoms with Gasteiger partial charge in [0, 0.05) is 42.1 Å². The molecule has 0 heterocycles. The summed E-state index contributed by atoms with van der Waals surface area (Å²) in [5.74, 6) is 2.17. The van der Waals surface area contributed by atoms with E-state index >= 15 is 0 Å². The quantitative estimate of drug-likeness (QED) is 0.638. The molecule has 0 saturated heterocycles. The van der Waals surface area contributed by atoms with Crippen molar-refractivity contribution < 1.29 is 13.7 Å². The molecule has 1 aromatic rings. The third-order valence-corrected chi connectivity index (χ3v) is 4.68. The average Bonchev–Trinajstić information content (AvgIpc) is 2.52. The monoisotopic (exact) mass is 313 g/mol. The Morgan fingerprint density at radius 1 is 1.24 bits per heavy atom. The largest absolute Gasteiger partial charge is 0.497 e. The molecule has 1 aromatic carbocycles. The number of ether oxygens (including phenoxy) is 2. The van der Waals surface area contributed by atoms with Crippen LogP contribution in [0.4, 0.5) is 0 Å². The molecule has 1 N–H and O–H groups in total. The Hall–Kier alpha value is -0.910. The summed E-state index contributed by atoms with van der Waals surface area (Å²) in [6.45, 7) is 3.72. The van der Waals surface area contributed by atoms with Crippen molar-refractivity contribution in [3.05, 3.63) is 29.8 Å². The second-order valence-corrected chi connectivity index (χ2v) is 6.56. The number of benzene rings is 1. The summed E-state index contributed by atoms with van der Waals surface area (Å²) in [5.41, 5.74) is 1.16. The van der Waals surface area contributed by atoms with Gasteiger partial charge in [0.25, 0.3) is 0 Å². The lowest BCUT2D eigenvalue weighted by Gasteiger charge is -2.19. The van der Waals surface area contributed by atoms with E-state index in [9.17, 15) is 4.21 Å². The Morgan fingerprint density at radius 3 is 2.52 bits per heavy atom. The first kappa shape index (κ1) is 18.1. The number of rotatable bonds is 11. The van der Waals surface area contributed by atoms with Crippen LogP contribution in [0.1, 0.15) is 31.4 Å². The molecule has 21 heavy (non-hydrogen) atoms. The van der Waals surface area contributed by atoms with Crippen molar-refractivity contribution >= 4 is 10.8 Å². The predicted molar refractivity (Wildman–Crippen MR) is 88.4 cm³/mol. The molecule has 120 valence electrons. The zero-order valence-electron chi connectivity index (χ0n) is 13.3. The highest BCUT2D eigenvalue weighted by atomic mass is 32.2. The Balaban J connectivity index is 2.63. The van der Waals surface area contributed by atoms with Crippen molar-refractivity contribution in [2.45, 2.75) is 25.8 Å². The fourth-order valence-electron chi connectivity index (χ4n) is 2.06. The van der Waals surface area contributed by atoms with Crippen LogP contribution in [0, 0.1) is 0 Å². The van der Waals surface area contributed by atoms with Gasteiger partial charge in [0.1, 0.15) is 5.75 Å². The summed E-state index contributed by atoms with van der Waals surface area (Å²) in [7, 11) is 2.50. The molecule has 0 aliphatic heterocycles. The van der Waals surface area contributed by atoms with Crippen LogP contribution in [0.5, 0.6) is 5.75 Å².